The van der Waals surface area contributed by atoms with Crippen LogP contribution in [0.5, 0.6) is 0 Å². The maximum Gasteiger partial charge on any atom is 0.232 e. The zero-order valence-electron chi connectivity index (χ0n) is 16.0. The number of thioether (sulfide) groups is 1. The van der Waals surface area contributed by atoms with E-state index in [1.54, 1.807) is 11.8 Å². The Morgan fingerprint density at radius 2 is 1.96 bits per heavy atom. The summed E-state index contributed by atoms with van der Waals surface area (Å²) in [7, 11) is 1.95. The van der Waals surface area contributed by atoms with Crippen molar-refractivity contribution >= 4 is 17.7 Å². The fourth-order valence-electron chi connectivity index (χ4n) is 3.41. The van der Waals surface area contributed by atoms with Crippen molar-refractivity contribution in [2.75, 3.05) is 19.3 Å². The van der Waals surface area contributed by atoms with Crippen molar-refractivity contribution < 1.29 is 4.79 Å². The van der Waals surface area contributed by atoms with Crippen molar-refractivity contribution in [3.05, 3.63) is 11.4 Å². The van der Waals surface area contributed by atoms with Crippen molar-refractivity contribution in [1.29, 1.82) is 0 Å². The minimum absolute atomic E-state index is 0.222. The molecule has 0 N–H and O–H groups in total. The lowest BCUT2D eigenvalue weighted by Gasteiger charge is -2.27. The average Bonchev–Trinajstić information content (AvgIpc) is 2.80. The first-order valence-corrected chi connectivity index (χ1v) is 10.3. The second-order valence-corrected chi connectivity index (χ2v) is 8.58. The molecule has 1 aliphatic carbocycles. The van der Waals surface area contributed by atoms with Gasteiger partial charge in [0.2, 0.25) is 5.91 Å². The van der Waals surface area contributed by atoms with E-state index in [4.69, 9.17) is 0 Å². The molecule has 2 rings (SSSR count). The van der Waals surface area contributed by atoms with E-state index in [-0.39, 0.29) is 5.91 Å². The second-order valence-electron chi connectivity index (χ2n) is 7.64. The first kappa shape index (κ1) is 19.4. The zero-order chi connectivity index (χ0) is 17.7. The Morgan fingerprint density at radius 3 is 2.58 bits per heavy atom. The summed E-state index contributed by atoms with van der Waals surface area (Å²) in [5.41, 5.74) is 2.29. The number of aromatic nitrogens is 2. The highest BCUT2D eigenvalue weighted by atomic mass is 32.2. The highest BCUT2D eigenvalue weighted by Crippen LogP contribution is 2.25. The minimum atomic E-state index is 0.222. The predicted octanol–water partition coefficient (Wildman–Crippen LogP) is 4.29. The van der Waals surface area contributed by atoms with Gasteiger partial charge >= 0.3 is 0 Å². The fourth-order valence-corrected chi connectivity index (χ4v) is 4.45. The first-order valence-electron chi connectivity index (χ1n) is 9.29. The van der Waals surface area contributed by atoms with E-state index >= 15 is 0 Å². The highest BCUT2D eigenvalue weighted by molar-refractivity contribution is 7.99. The quantitative estimate of drug-likeness (QED) is 0.688. The molecule has 0 saturated heterocycles. The lowest BCUT2D eigenvalue weighted by molar-refractivity contribution is -0.127. The van der Waals surface area contributed by atoms with E-state index in [9.17, 15) is 4.79 Å². The molecular weight excluding hydrogens is 318 g/mol. The smallest absolute Gasteiger partial charge is 0.232 e. The summed E-state index contributed by atoms with van der Waals surface area (Å²) in [4.78, 5) is 19.1. The van der Waals surface area contributed by atoms with Crippen LogP contribution < -0.4 is 0 Å². The maximum atomic E-state index is 12.5. The number of hydrogen-bond donors (Lipinski definition) is 0. The molecule has 0 atom stereocenters. The van der Waals surface area contributed by atoms with Crippen LogP contribution in [0.4, 0.5) is 0 Å². The molecule has 24 heavy (non-hydrogen) atoms. The topological polar surface area (TPSA) is 38.1 Å². The zero-order valence-corrected chi connectivity index (χ0v) is 16.8. The number of aryl methyl sites for hydroxylation is 1. The van der Waals surface area contributed by atoms with E-state index in [0.717, 1.165) is 23.9 Å². The fraction of sp³-hybridized carbons (Fsp3) is 0.789. The van der Waals surface area contributed by atoms with Crippen molar-refractivity contribution in [3.63, 3.8) is 0 Å². The van der Waals surface area contributed by atoms with Gasteiger partial charge in [-0.25, -0.2) is 4.98 Å². The standard InChI is InChI=1S/C19H33N3OS/c1-14(2)11-22-16(4)15(3)20-19(22)24-13-18(23)21(5)12-17-9-7-6-8-10-17/h14,17H,6-13H2,1-5H3. The third-order valence-corrected chi connectivity index (χ3v) is 5.94. The van der Waals surface area contributed by atoms with Crippen LogP contribution in [0.1, 0.15) is 57.3 Å². The van der Waals surface area contributed by atoms with Gasteiger partial charge in [0.1, 0.15) is 0 Å². The van der Waals surface area contributed by atoms with Gasteiger partial charge < -0.3 is 9.47 Å². The van der Waals surface area contributed by atoms with Gasteiger partial charge in [-0.15, -0.1) is 0 Å². The third-order valence-electron chi connectivity index (χ3n) is 4.98. The monoisotopic (exact) mass is 351 g/mol. The van der Waals surface area contributed by atoms with Crippen LogP contribution in [0.2, 0.25) is 0 Å². The Labute approximate surface area is 151 Å². The summed E-state index contributed by atoms with van der Waals surface area (Å²) in [5.74, 6) is 1.98. The van der Waals surface area contributed by atoms with Gasteiger partial charge in [-0.05, 0) is 38.5 Å². The number of amides is 1. The van der Waals surface area contributed by atoms with Gasteiger partial charge in [0.15, 0.2) is 5.16 Å². The number of carbonyl (C=O) groups excluding carboxylic acids is 1. The Balaban J connectivity index is 1.89. The Bertz CT molecular complexity index is 547. The number of nitrogens with zero attached hydrogens (tertiary/aromatic N) is 3. The van der Waals surface area contributed by atoms with E-state index in [0.29, 0.717) is 17.6 Å². The van der Waals surface area contributed by atoms with Crippen LogP contribution in [0.25, 0.3) is 0 Å². The van der Waals surface area contributed by atoms with Crippen LogP contribution in [0.15, 0.2) is 5.16 Å². The normalized spacial score (nSPS) is 15.9. The van der Waals surface area contributed by atoms with Gasteiger partial charge in [-0.3, -0.25) is 4.79 Å². The summed E-state index contributed by atoms with van der Waals surface area (Å²) < 4.78 is 2.26. The average molecular weight is 352 g/mol. The molecule has 1 aliphatic rings. The SMILES string of the molecule is Cc1nc(SCC(=O)N(C)CC2CCCCC2)n(CC(C)C)c1C. The van der Waals surface area contributed by atoms with Crippen LogP contribution in [-0.2, 0) is 11.3 Å². The molecule has 0 radical (unpaired) electrons. The summed E-state index contributed by atoms with van der Waals surface area (Å²) in [5, 5.41) is 0.984. The van der Waals surface area contributed by atoms with E-state index < -0.39 is 0 Å². The molecule has 0 bridgehead atoms. The van der Waals surface area contributed by atoms with Crippen molar-refractivity contribution in [2.45, 2.75) is 71.5 Å². The van der Waals surface area contributed by atoms with Crippen LogP contribution >= 0.6 is 11.8 Å². The summed E-state index contributed by atoms with van der Waals surface area (Å²) in [6.07, 6.45) is 6.57. The van der Waals surface area contributed by atoms with Gasteiger partial charge in [0, 0.05) is 25.8 Å². The molecule has 5 heteroatoms. The van der Waals surface area contributed by atoms with Crippen LogP contribution in [0.3, 0.4) is 0 Å². The molecule has 136 valence electrons. The van der Waals surface area contributed by atoms with Gasteiger partial charge in [0.05, 0.1) is 11.4 Å². The molecular formula is C19H33N3OS. The van der Waals surface area contributed by atoms with Crippen LogP contribution in [-0.4, -0.2) is 39.7 Å². The summed E-state index contributed by atoms with van der Waals surface area (Å²) >= 11 is 1.58. The summed E-state index contributed by atoms with van der Waals surface area (Å²) in [6, 6.07) is 0. The maximum absolute atomic E-state index is 12.5. The van der Waals surface area contributed by atoms with E-state index in [1.165, 1.54) is 37.8 Å². The largest absolute Gasteiger partial charge is 0.345 e. The lowest BCUT2D eigenvalue weighted by Crippen LogP contribution is -2.33. The molecule has 4 nitrogen and oxygen atoms in total. The van der Waals surface area contributed by atoms with Crippen LogP contribution in [0, 0.1) is 25.7 Å². The lowest BCUT2D eigenvalue weighted by atomic mass is 9.89. The molecule has 0 aliphatic heterocycles. The Hall–Kier alpha value is -0.970. The Morgan fingerprint density at radius 1 is 1.29 bits per heavy atom. The second kappa shape index (κ2) is 8.93. The molecule has 1 aromatic heterocycles. The molecule has 0 aromatic carbocycles. The highest BCUT2D eigenvalue weighted by Gasteiger charge is 2.19. The molecule has 1 saturated carbocycles. The Kier molecular flexibility index (Phi) is 7.20. The van der Waals surface area contributed by atoms with Gasteiger partial charge in [0.25, 0.3) is 0 Å². The van der Waals surface area contributed by atoms with Gasteiger partial charge in [-0.1, -0.05) is 44.9 Å². The van der Waals surface area contributed by atoms with Crippen molar-refractivity contribution in [1.82, 2.24) is 14.5 Å². The predicted molar refractivity (Wildman–Crippen MR) is 101 cm³/mol. The molecule has 1 aromatic rings. The number of imidazole rings is 1. The first-order chi connectivity index (χ1) is 11.4. The molecule has 0 spiro atoms. The van der Waals surface area contributed by atoms with Crippen molar-refractivity contribution in [2.24, 2.45) is 11.8 Å². The van der Waals surface area contributed by atoms with E-state index in [2.05, 4.69) is 30.3 Å². The summed E-state index contributed by atoms with van der Waals surface area (Å²) in [6.45, 7) is 10.5. The third kappa shape index (κ3) is 5.27. The number of hydrogen-bond acceptors (Lipinski definition) is 3. The van der Waals surface area contributed by atoms with Gasteiger partial charge in [-0.2, -0.15) is 0 Å². The number of rotatable bonds is 7. The molecule has 0 unspecified atom stereocenters. The number of carbonyl (C=O) groups is 1. The molecule has 1 amide bonds. The molecule has 1 heterocycles. The minimum Gasteiger partial charge on any atom is -0.345 e. The van der Waals surface area contributed by atoms with Crippen molar-refractivity contribution in [3.8, 4) is 0 Å². The molecule has 1 fully saturated rings. The van der Waals surface area contributed by atoms with E-state index in [1.807, 2.05) is 18.9 Å².